The van der Waals surface area contributed by atoms with Gasteiger partial charge in [-0.3, -0.25) is 9.78 Å². The number of nitrogens with one attached hydrogen (secondary N) is 1. The molecule has 1 amide bonds. The second-order valence-corrected chi connectivity index (χ2v) is 4.21. The summed E-state index contributed by atoms with van der Waals surface area (Å²) in [4.78, 5) is 17.9. The molecule has 0 unspecified atom stereocenters. The van der Waals surface area contributed by atoms with Crippen LogP contribution >= 0.6 is 0 Å². The molecule has 1 N–H and O–H groups in total. The van der Waals surface area contributed by atoms with Crippen molar-refractivity contribution in [1.29, 1.82) is 0 Å². The molecule has 0 aliphatic carbocycles. The van der Waals surface area contributed by atoms with Gasteiger partial charge in [0.2, 0.25) is 5.91 Å². The van der Waals surface area contributed by atoms with Gasteiger partial charge >= 0.3 is 0 Å². The standard InChI is InChI=1S/C13H17N3O/c1-11(16-7-2-3-8-16)9-13(17)15-12-5-4-6-14-10-12/h4-6,9-10H,2-3,7-8H2,1H3,(H,15,17). The van der Waals surface area contributed by atoms with Gasteiger partial charge in [0.1, 0.15) is 0 Å². The number of carbonyl (C=O) groups is 1. The summed E-state index contributed by atoms with van der Waals surface area (Å²) < 4.78 is 0. The fraction of sp³-hybridized carbons (Fsp3) is 0.385. The Hall–Kier alpha value is -1.84. The highest BCUT2D eigenvalue weighted by molar-refractivity contribution is 5.99. The Bertz CT molecular complexity index is 408. The van der Waals surface area contributed by atoms with E-state index in [-0.39, 0.29) is 5.91 Å². The van der Waals surface area contributed by atoms with E-state index in [0.29, 0.717) is 0 Å². The van der Waals surface area contributed by atoms with Crippen LogP contribution in [-0.2, 0) is 4.79 Å². The summed E-state index contributed by atoms with van der Waals surface area (Å²) in [7, 11) is 0. The third kappa shape index (κ3) is 3.31. The lowest BCUT2D eigenvalue weighted by Gasteiger charge is -2.17. The molecular weight excluding hydrogens is 214 g/mol. The number of amides is 1. The maximum absolute atomic E-state index is 11.7. The molecule has 1 aliphatic rings. The van der Waals surface area contributed by atoms with E-state index in [4.69, 9.17) is 0 Å². The number of hydrogen-bond acceptors (Lipinski definition) is 3. The van der Waals surface area contributed by atoms with Gasteiger partial charge in [0.05, 0.1) is 11.9 Å². The van der Waals surface area contributed by atoms with Crippen molar-refractivity contribution in [2.24, 2.45) is 0 Å². The summed E-state index contributed by atoms with van der Waals surface area (Å²) in [6, 6.07) is 3.62. The predicted octanol–water partition coefficient (Wildman–Crippen LogP) is 2.02. The van der Waals surface area contributed by atoms with Crippen molar-refractivity contribution in [3.63, 3.8) is 0 Å². The van der Waals surface area contributed by atoms with Crippen LogP contribution in [-0.4, -0.2) is 28.9 Å². The maximum Gasteiger partial charge on any atom is 0.250 e. The molecule has 1 aromatic rings. The fourth-order valence-corrected chi connectivity index (χ4v) is 1.97. The highest BCUT2D eigenvalue weighted by Crippen LogP contribution is 2.14. The number of likely N-dealkylation sites (tertiary alicyclic amines) is 1. The van der Waals surface area contributed by atoms with Gasteiger partial charge in [0.15, 0.2) is 0 Å². The molecule has 90 valence electrons. The van der Waals surface area contributed by atoms with Crippen LogP contribution in [0.2, 0.25) is 0 Å². The molecule has 4 nitrogen and oxygen atoms in total. The zero-order valence-corrected chi connectivity index (χ0v) is 10.0. The summed E-state index contributed by atoms with van der Waals surface area (Å²) in [5, 5.41) is 2.79. The van der Waals surface area contributed by atoms with Gasteiger partial charge < -0.3 is 10.2 Å². The molecule has 0 aromatic carbocycles. The maximum atomic E-state index is 11.7. The summed E-state index contributed by atoms with van der Waals surface area (Å²) in [5.74, 6) is -0.0950. The van der Waals surface area contributed by atoms with E-state index in [1.54, 1.807) is 24.5 Å². The second-order valence-electron chi connectivity index (χ2n) is 4.21. The van der Waals surface area contributed by atoms with Crippen molar-refractivity contribution in [3.05, 3.63) is 36.3 Å². The van der Waals surface area contributed by atoms with Crippen LogP contribution in [0, 0.1) is 0 Å². The summed E-state index contributed by atoms with van der Waals surface area (Å²) in [5.41, 5.74) is 1.76. The molecule has 2 heterocycles. The Morgan fingerprint density at radius 1 is 1.47 bits per heavy atom. The molecule has 17 heavy (non-hydrogen) atoms. The van der Waals surface area contributed by atoms with Crippen LogP contribution in [0.1, 0.15) is 19.8 Å². The first-order chi connectivity index (χ1) is 8.25. The molecular formula is C13H17N3O. The Balaban J connectivity index is 1.94. The number of nitrogens with zero attached hydrogens (tertiary/aromatic N) is 2. The minimum Gasteiger partial charge on any atom is -0.375 e. The summed E-state index contributed by atoms with van der Waals surface area (Å²) in [6.45, 7) is 4.10. The van der Waals surface area contributed by atoms with Gasteiger partial charge in [-0.1, -0.05) is 0 Å². The SMILES string of the molecule is CC(=CC(=O)Nc1cccnc1)N1CCCC1. The van der Waals surface area contributed by atoms with Gasteiger partial charge in [0.25, 0.3) is 0 Å². The summed E-state index contributed by atoms with van der Waals surface area (Å²) in [6.07, 6.45) is 7.40. The number of anilines is 1. The lowest BCUT2D eigenvalue weighted by Crippen LogP contribution is -2.19. The van der Waals surface area contributed by atoms with Crippen molar-refractivity contribution in [1.82, 2.24) is 9.88 Å². The van der Waals surface area contributed by atoms with Crippen molar-refractivity contribution in [2.45, 2.75) is 19.8 Å². The average Bonchev–Trinajstić information content (AvgIpc) is 2.83. The Labute approximate surface area is 101 Å². The molecule has 0 bridgehead atoms. The third-order valence-corrected chi connectivity index (χ3v) is 2.87. The van der Waals surface area contributed by atoms with Crippen molar-refractivity contribution >= 4 is 11.6 Å². The lowest BCUT2D eigenvalue weighted by molar-refractivity contribution is -0.112. The van der Waals surface area contributed by atoms with E-state index in [1.807, 2.05) is 13.0 Å². The van der Waals surface area contributed by atoms with Crippen molar-refractivity contribution in [2.75, 3.05) is 18.4 Å². The van der Waals surface area contributed by atoms with Crippen LogP contribution in [0.15, 0.2) is 36.3 Å². The minimum absolute atomic E-state index is 0.0950. The molecule has 1 aromatic heterocycles. The monoisotopic (exact) mass is 231 g/mol. The molecule has 2 rings (SSSR count). The van der Waals surface area contributed by atoms with E-state index in [2.05, 4.69) is 15.2 Å². The topological polar surface area (TPSA) is 45.2 Å². The molecule has 0 radical (unpaired) electrons. The van der Waals surface area contributed by atoms with Crippen LogP contribution < -0.4 is 5.32 Å². The third-order valence-electron chi connectivity index (χ3n) is 2.87. The highest BCUT2D eigenvalue weighted by atomic mass is 16.1. The number of rotatable bonds is 3. The van der Waals surface area contributed by atoms with Gasteiger partial charge in [-0.05, 0) is 31.9 Å². The molecule has 1 saturated heterocycles. The van der Waals surface area contributed by atoms with Crippen molar-refractivity contribution < 1.29 is 4.79 Å². The van der Waals surface area contributed by atoms with E-state index in [9.17, 15) is 4.79 Å². The van der Waals surface area contributed by atoms with Gasteiger partial charge in [0, 0.05) is 31.1 Å². The number of aromatic nitrogens is 1. The average molecular weight is 231 g/mol. The molecule has 0 atom stereocenters. The number of pyridine rings is 1. The van der Waals surface area contributed by atoms with Crippen molar-refractivity contribution in [3.8, 4) is 0 Å². The Morgan fingerprint density at radius 2 is 2.24 bits per heavy atom. The first kappa shape index (κ1) is 11.6. The van der Waals surface area contributed by atoms with Crippen LogP contribution in [0.5, 0.6) is 0 Å². The van der Waals surface area contributed by atoms with E-state index < -0.39 is 0 Å². The van der Waals surface area contributed by atoms with Crippen LogP contribution in [0.25, 0.3) is 0 Å². The number of hydrogen-bond donors (Lipinski definition) is 1. The smallest absolute Gasteiger partial charge is 0.250 e. The fourth-order valence-electron chi connectivity index (χ4n) is 1.97. The molecule has 1 aliphatic heterocycles. The second kappa shape index (κ2) is 5.48. The van der Waals surface area contributed by atoms with Gasteiger partial charge in [-0.2, -0.15) is 0 Å². The quantitative estimate of drug-likeness (QED) is 0.809. The van der Waals surface area contributed by atoms with Gasteiger partial charge in [-0.15, -0.1) is 0 Å². The predicted molar refractivity (Wildman–Crippen MR) is 67.4 cm³/mol. The Morgan fingerprint density at radius 3 is 2.88 bits per heavy atom. The lowest BCUT2D eigenvalue weighted by atomic mass is 10.3. The summed E-state index contributed by atoms with van der Waals surface area (Å²) >= 11 is 0. The first-order valence-electron chi connectivity index (χ1n) is 5.90. The van der Waals surface area contributed by atoms with Crippen LogP contribution in [0.3, 0.4) is 0 Å². The number of carbonyl (C=O) groups excluding carboxylic acids is 1. The zero-order valence-electron chi connectivity index (χ0n) is 10.0. The largest absolute Gasteiger partial charge is 0.375 e. The zero-order chi connectivity index (χ0) is 12.1. The van der Waals surface area contributed by atoms with E-state index in [0.717, 1.165) is 24.5 Å². The minimum atomic E-state index is -0.0950. The van der Waals surface area contributed by atoms with E-state index >= 15 is 0 Å². The Kier molecular flexibility index (Phi) is 3.75. The molecule has 0 spiro atoms. The first-order valence-corrected chi connectivity index (χ1v) is 5.90. The van der Waals surface area contributed by atoms with Crippen LogP contribution in [0.4, 0.5) is 5.69 Å². The molecule has 0 saturated carbocycles. The van der Waals surface area contributed by atoms with E-state index in [1.165, 1.54) is 12.8 Å². The highest BCUT2D eigenvalue weighted by Gasteiger charge is 2.12. The molecule has 4 heteroatoms. The number of allylic oxidation sites excluding steroid dienone is 1. The van der Waals surface area contributed by atoms with Gasteiger partial charge in [-0.25, -0.2) is 0 Å². The normalized spacial score (nSPS) is 16.1. The molecule has 1 fully saturated rings.